The topological polar surface area (TPSA) is 99.5 Å². The van der Waals surface area contributed by atoms with Gasteiger partial charge in [-0.1, -0.05) is 6.07 Å². The van der Waals surface area contributed by atoms with Gasteiger partial charge >= 0.3 is 0 Å². The number of hydrogen-bond acceptors (Lipinski definition) is 6. The summed E-state index contributed by atoms with van der Waals surface area (Å²) in [5.74, 6) is 1.57. The molecule has 0 unspecified atom stereocenters. The van der Waals surface area contributed by atoms with Crippen molar-refractivity contribution in [3.63, 3.8) is 0 Å². The highest BCUT2D eigenvalue weighted by Gasteiger charge is 2.16. The quantitative estimate of drug-likeness (QED) is 0.563. The Hall–Kier alpha value is -3.94. The van der Waals surface area contributed by atoms with Crippen molar-refractivity contribution in [2.75, 3.05) is 5.43 Å². The van der Waals surface area contributed by atoms with Crippen LogP contribution < -0.4 is 11.2 Å². The van der Waals surface area contributed by atoms with Gasteiger partial charge in [0.15, 0.2) is 11.6 Å². The number of nitrogens with one attached hydrogen (secondary N) is 1. The standard InChI is InChI=1S/C21H20N8/c1-13(22)18-5-6-20-25-26-21(29(20)27-18)8-14-3-4-19-15(7-14)9-16(10-23-19)17-11-24-28(2)12-17/h3-7,9-12,27H,8,22H2,1-2H3/b18-13+. The Morgan fingerprint density at radius 2 is 2.00 bits per heavy atom. The number of rotatable bonds is 3. The molecule has 8 nitrogen and oxygen atoms in total. The highest BCUT2D eigenvalue weighted by molar-refractivity contribution is 5.84. The first-order chi connectivity index (χ1) is 14.1. The van der Waals surface area contributed by atoms with Crippen LogP contribution in [-0.2, 0) is 13.5 Å². The summed E-state index contributed by atoms with van der Waals surface area (Å²) < 4.78 is 3.66. The molecule has 0 aliphatic carbocycles. The van der Waals surface area contributed by atoms with Crippen LogP contribution in [0.15, 0.2) is 60.3 Å². The largest absolute Gasteiger partial charge is 0.401 e. The fraction of sp³-hybridized carbons (Fsp3) is 0.143. The number of aryl methyl sites for hydroxylation is 1. The number of benzene rings is 1. The van der Waals surface area contributed by atoms with E-state index in [1.165, 1.54) is 0 Å². The van der Waals surface area contributed by atoms with E-state index in [9.17, 15) is 0 Å². The lowest BCUT2D eigenvalue weighted by molar-refractivity contribution is 0.768. The highest BCUT2D eigenvalue weighted by Crippen LogP contribution is 2.24. The summed E-state index contributed by atoms with van der Waals surface area (Å²) >= 11 is 0. The molecular weight excluding hydrogens is 364 g/mol. The predicted molar refractivity (Wildman–Crippen MR) is 112 cm³/mol. The van der Waals surface area contributed by atoms with Crippen molar-refractivity contribution < 1.29 is 0 Å². The monoisotopic (exact) mass is 384 g/mol. The van der Waals surface area contributed by atoms with E-state index in [0.29, 0.717) is 12.1 Å². The molecule has 0 saturated heterocycles. The molecule has 0 atom stereocenters. The smallest absolute Gasteiger partial charge is 0.175 e. The Kier molecular flexibility index (Phi) is 3.90. The van der Waals surface area contributed by atoms with Crippen molar-refractivity contribution in [1.82, 2.24) is 29.6 Å². The molecule has 1 aromatic carbocycles. The van der Waals surface area contributed by atoms with E-state index >= 15 is 0 Å². The fourth-order valence-electron chi connectivity index (χ4n) is 3.41. The molecule has 0 fully saturated rings. The molecule has 1 aliphatic heterocycles. The third kappa shape index (κ3) is 3.14. The normalized spacial score (nSPS) is 14.7. The summed E-state index contributed by atoms with van der Waals surface area (Å²) in [6.07, 6.45) is 10.2. The first kappa shape index (κ1) is 17.2. The summed E-state index contributed by atoms with van der Waals surface area (Å²) in [7, 11) is 1.91. The summed E-state index contributed by atoms with van der Waals surface area (Å²) in [6, 6.07) is 8.40. The second kappa shape index (κ2) is 6.59. The summed E-state index contributed by atoms with van der Waals surface area (Å²) in [4.78, 5) is 4.59. The molecule has 0 amide bonds. The van der Waals surface area contributed by atoms with Crippen LogP contribution in [0.1, 0.15) is 24.1 Å². The zero-order valence-corrected chi connectivity index (χ0v) is 16.2. The summed E-state index contributed by atoms with van der Waals surface area (Å²) in [5, 5.41) is 13.9. The number of nitrogens with two attached hydrogens (primary N) is 1. The van der Waals surface area contributed by atoms with Crippen molar-refractivity contribution in [3.8, 4) is 11.1 Å². The van der Waals surface area contributed by atoms with Crippen molar-refractivity contribution in [1.29, 1.82) is 0 Å². The van der Waals surface area contributed by atoms with Crippen LogP contribution in [0.4, 0.5) is 0 Å². The van der Waals surface area contributed by atoms with Gasteiger partial charge < -0.3 is 5.73 Å². The van der Waals surface area contributed by atoms with Crippen molar-refractivity contribution in [2.45, 2.75) is 13.3 Å². The van der Waals surface area contributed by atoms with E-state index in [0.717, 1.165) is 44.9 Å². The molecule has 8 heteroatoms. The number of nitrogens with zero attached hydrogens (tertiary/aromatic N) is 6. The van der Waals surface area contributed by atoms with Gasteiger partial charge in [-0.3, -0.25) is 15.1 Å². The Morgan fingerprint density at radius 3 is 2.79 bits per heavy atom. The minimum absolute atomic E-state index is 0.637. The maximum absolute atomic E-state index is 5.92. The predicted octanol–water partition coefficient (Wildman–Crippen LogP) is 2.58. The molecule has 0 radical (unpaired) electrons. The molecule has 4 heterocycles. The number of aromatic nitrogens is 6. The molecule has 0 bridgehead atoms. The fourth-order valence-corrected chi connectivity index (χ4v) is 3.41. The highest BCUT2D eigenvalue weighted by atomic mass is 15.5. The van der Waals surface area contributed by atoms with Crippen LogP contribution in [0, 0.1) is 0 Å². The van der Waals surface area contributed by atoms with Gasteiger partial charge in [0.25, 0.3) is 0 Å². The van der Waals surface area contributed by atoms with Gasteiger partial charge in [-0.2, -0.15) is 5.10 Å². The van der Waals surface area contributed by atoms with Gasteiger partial charge in [-0.15, -0.1) is 10.2 Å². The van der Waals surface area contributed by atoms with Gasteiger partial charge in [0.05, 0.1) is 17.4 Å². The first-order valence-corrected chi connectivity index (χ1v) is 9.30. The number of allylic oxidation sites excluding steroid dienone is 2. The zero-order valence-electron chi connectivity index (χ0n) is 16.2. The third-order valence-corrected chi connectivity index (χ3v) is 4.96. The molecule has 1 aliphatic rings. The third-order valence-electron chi connectivity index (χ3n) is 4.96. The average molecular weight is 384 g/mol. The van der Waals surface area contributed by atoms with Crippen LogP contribution >= 0.6 is 0 Å². The van der Waals surface area contributed by atoms with Gasteiger partial charge in [-0.05, 0) is 42.8 Å². The van der Waals surface area contributed by atoms with Crippen molar-refractivity contribution in [3.05, 3.63) is 77.5 Å². The molecule has 0 spiro atoms. The maximum Gasteiger partial charge on any atom is 0.175 e. The van der Waals surface area contributed by atoms with E-state index in [1.54, 1.807) is 4.68 Å². The van der Waals surface area contributed by atoms with Crippen molar-refractivity contribution in [2.24, 2.45) is 12.8 Å². The Morgan fingerprint density at radius 1 is 1.10 bits per heavy atom. The van der Waals surface area contributed by atoms with E-state index < -0.39 is 0 Å². The van der Waals surface area contributed by atoms with E-state index in [-0.39, 0.29) is 0 Å². The molecule has 5 rings (SSSR count). The number of pyridine rings is 1. The molecule has 3 aromatic heterocycles. The first-order valence-electron chi connectivity index (χ1n) is 9.30. The van der Waals surface area contributed by atoms with Gasteiger partial charge in [0.2, 0.25) is 0 Å². The van der Waals surface area contributed by atoms with E-state index in [1.807, 2.05) is 55.5 Å². The lowest BCUT2D eigenvalue weighted by Crippen LogP contribution is -2.23. The van der Waals surface area contributed by atoms with Gasteiger partial charge in [0.1, 0.15) is 0 Å². The minimum Gasteiger partial charge on any atom is -0.401 e. The number of fused-ring (bicyclic) bond motifs is 2. The van der Waals surface area contributed by atoms with Gasteiger partial charge in [0, 0.05) is 48.1 Å². The minimum atomic E-state index is 0.637. The molecule has 0 saturated carbocycles. The Balaban J connectivity index is 1.48. The average Bonchev–Trinajstić information content (AvgIpc) is 3.33. The lowest BCUT2D eigenvalue weighted by atomic mass is 10.0. The summed E-state index contributed by atoms with van der Waals surface area (Å²) in [5.41, 5.74) is 14.9. The lowest BCUT2D eigenvalue weighted by Gasteiger charge is -2.17. The second-order valence-electron chi connectivity index (χ2n) is 7.18. The molecule has 144 valence electrons. The Labute approximate surface area is 167 Å². The number of hydrogen-bond donors (Lipinski definition) is 2. The SMILES string of the molecule is C/C(N)=C1/C=Cc2nnc(Cc3ccc4ncc(-c5cnn(C)c5)cc4c3)n2N1. The van der Waals surface area contributed by atoms with E-state index in [4.69, 9.17) is 5.73 Å². The second-order valence-corrected chi connectivity index (χ2v) is 7.18. The summed E-state index contributed by atoms with van der Waals surface area (Å²) in [6.45, 7) is 1.86. The van der Waals surface area contributed by atoms with Crippen LogP contribution in [0.3, 0.4) is 0 Å². The Bertz CT molecular complexity index is 1290. The van der Waals surface area contributed by atoms with Gasteiger partial charge in [-0.25, -0.2) is 4.68 Å². The van der Waals surface area contributed by atoms with Crippen LogP contribution in [-0.4, -0.2) is 29.6 Å². The van der Waals surface area contributed by atoms with Crippen LogP contribution in [0.5, 0.6) is 0 Å². The van der Waals surface area contributed by atoms with Crippen molar-refractivity contribution >= 4 is 17.0 Å². The van der Waals surface area contributed by atoms with Crippen LogP contribution in [0.25, 0.3) is 28.1 Å². The molecule has 29 heavy (non-hydrogen) atoms. The van der Waals surface area contributed by atoms with E-state index in [2.05, 4.69) is 43.9 Å². The molecule has 3 N–H and O–H groups in total. The van der Waals surface area contributed by atoms with Crippen LogP contribution in [0.2, 0.25) is 0 Å². The maximum atomic E-state index is 5.92. The molecule has 4 aromatic rings. The molecular formula is C21H20N8. The zero-order chi connectivity index (χ0) is 20.0.